The number of aliphatic hydroxyl groups excluding tert-OH is 3. The lowest BCUT2D eigenvalue weighted by Gasteiger charge is -2.42. The molecule has 5 atom stereocenters. The number of aliphatic hydroxyl groups is 3. The van der Waals surface area contributed by atoms with Crippen molar-refractivity contribution in [3.63, 3.8) is 0 Å². The molecule has 7 nitrogen and oxygen atoms in total. The van der Waals surface area contributed by atoms with Crippen LogP contribution in [0.5, 0.6) is 5.75 Å². The van der Waals surface area contributed by atoms with Crippen LogP contribution in [0, 0.1) is 3.57 Å². The quantitative estimate of drug-likeness (QED) is 0.492. The second kappa shape index (κ2) is 7.55. The monoisotopic (exact) mass is 423 g/mol. The molecule has 0 bridgehead atoms. The van der Waals surface area contributed by atoms with Gasteiger partial charge in [0.15, 0.2) is 0 Å². The van der Waals surface area contributed by atoms with Gasteiger partial charge in [0.2, 0.25) is 12.2 Å². The van der Waals surface area contributed by atoms with E-state index in [1.54, 1.807) is 12.1 Å². The van der Waals surface area contributed by atoms with Crippen LogP contribution in [0.4, 0.5) is 0 Å². The number of halogens is 1. The second-order valence-electron chi connectivity index (χ2n) is 5.00. The van der Waals surface area contributed by atoms with E-state index in [-0.39, 0.29) is 0 Å². The van der Waals surface area contributed by atoms with E-state index in [9.17, 15) is 20.1 Å². The molecule has 1 aliphatic heterocycles. The summed E-state index contributed by atoms with van der Waals surface area (Å²) in [6, 6.07) is 6.17. The number of rotatable bonds is 4. The molecular weight excluding hydrogens is 405 g/mol. The molecule has 1 aromatic rings. The zero-order chi connectivity index (χ0) is 16.3. The second-order valence-corrected chi connectivity index (χ2v) is 6.25. The highest BCUT2D eigenvalue weighted by molar-refractivity contribution is 14.1. The van der Waals surface area contributed by atoms with Gasteiger partial charge in [0.1, 0.15) is 30.1 Å². The fourth-order valence-corrected chi connectivity index (χ4v) is 2.58. The van der Waals surface area contributed by atoms with Crippen molar-refractivity contribution in [2.24, 2.45) is 0 Å². The smallest absolute Gasteiger partial charge is 0.223 e. The van der Waals surface area contributed by atoms with Crippen LogP contribution >= 0.6 is 22.6 Å². The number of ether oxygens (including phenoxy) is 2. The summed E-state index contributed by atoms with van der Waals surface area (Å²) in [6.45, 7) is 0.816. The SMILES string of the molecule is CC(=O)N[C@@H]1[C@@H](Oc2ccc(I)cc2)O[C@@H](CO)[C@H](O)[C@H]1O. The van der Waals surface area contributed by atoms with Crippen LogP contribution in [0.15, 0.2) is 24.3 Å². The number of benzene rings is 1. The predicted molar refractivity (Wildman–Crippen MR) is 85.2 cm³/mol. The largest absolute Gasteiger partial charge is 0.463 e. The maximum atomic E-state index is 11.3. The van der Waals surface area contributed by atoms with Gasteiger partial charge in [0, 0.05) is 10.5 Å². The fraction of sp³-hybridized carbons (Fsp3) is 0.500. The van der Waals surface area contributed by atoms with Gasteiger partial charge in [-0.15, -0.1) is 0 Å². The molecule has 0 aliphatic carbocycles. The summed E-state index contributed by atoms with van der Waals surface area (Å²) in [5, 5.41) is 31.8. The highest BCUT2D eigenvalue weighted by Gasteiger charge is 2.46. The van der Waals surface area contributed by atoms with E-state index in [0.717, 1.165) is 3.57 Å². The molecule has 2 rings (SSSR count). The molecule has 0 radical (unpaired) electrons. The Labute approximate surface area is 141 Å². The molecule has 0 unspecified atom stereocenters. The van der Waals surface area contributed by atoms with Crippen LogP contribution in [0.1, 0.15) is 6.92 Å². The van der Waals surface area contributed by atoms with E-state index in [4.69, 9.17) is 9.47 Å². The van der Waals surface area contributed by atoms with Crippen LogP contribution in [-0.4, -0.2) is 58.5 Å². The molecular formula is C14H18INO6. The van der Waals surface area contributed by atoms with Crippen molar-refractivity contribution < 1.29 is 29.6 Å². The van der Waals surface area contributed by atoms with Crippen LogP contribution in [0.25, 0.3) is 0 Å². The Morgan fingerprint density at radius 3 is 2.50 bits per heavy atom. The van der Waals surface area contributed by atoms with E-state index < -0.39 is 43.2 Å². The normalized spacial score (nSPS) is 31.6. The van der Waals surface area contributed by atoms with Gasteiger partial charge >= 0.3 is 0 Å². The molecule has 1 saturated heterocycles. The van der Waals surface area contributed by atoms with E-state index in [2.05, 4.69) is 27.9 Å². The van der Waals surface area contributed by atoms with Crippen LogP contribution < -0.4 is 10.1 Å². The summed E-state index contributed by atoms with van der Waals surface area (Å²) >= 11 is 2.15. The Morgan fingerprint density at radius 1 is 1.32 bits per heavy atom. The topological polar surface area (TPSA) is 108 Å². The predicted octanol–water partition coefficient (Wildman–Crippen LogP) is -0.386. The maximum Gasteiger partial charge on any atom is 0.223 e. The molecule has 4 N–H and O–H groups in total. The minimum atomic E-state index is -1.32. The zero-order valence-corrected chi connectivity index (χ0v) is 14.0. The molecule has 0 saturated carbocycles. The summed E-state index contributed by atoms with van der Waals surface area (Å²) in [5.74, 6) is 0.0968. The zero-order valence-electron chi connectivity index (χ0n) is 11.8. The van der Waals surface area contributed by atoms with Gasteiger partial charge in [-0.2, -0.15) is 0 Å². The minimum absolute atomic E-state index is 0.390. The minimum Gasteiger partial charge on any atom is -0.463 e. The highest BCUT2D eigenvalue weighted by Crippen LogP contribution is 2.24. The van der Waals surface area contributed by atoms with Crippen molar-refractivity contribution in [1.82, 2.24) is 5.32 Å². The number of hydrogen-bond donors (Lipinski definition) is 4. The fourth-order valence-electron chi connectivity index (χ4n) is 2.22. The van der Waals surface area contributed by atoms with E-state index in [1.807, 2.05) is 12.1 Å². The van der Waals surface area contributed by atoms with Gasteiger partial charge in [-0.25, -0.2) is 0 Å². The van der Waals surface area contributed by atoms with Gasteiger partial charge in [0.05, 0.1) is 6.61 Å². The lowest BCUT2D eigenvalue weighted by Crippen LogP contribution is -2.65. The van der Waals surface area contributed by atoms with E-state index in [0.29, 0.717) is 5.75 Å². The highest BCUT2D eigenvalue weighted by atomic mass is 127. The summed E-state index contributed by atoms with van der Waals surface area (Å²) in [4.78, 5) is 11.3. The summed E-state index contributed by atoms with van der Waals surface area (Å²) in [6.07, 6.45) is -4.66. The van der Waals surface area contributed by atoms with E-state index in [1.165, 1.54) is 6.92 Å². The molecule has 1 amide bonds. The lowest BCUT2D eigenvalue weighted by molar-refractivity contribution is -0.244. The van der Waals surface area contributed by atoms with Gasteiger partial charge in [-0.3, -0.25) is 4.79 Å². The Hall–Kier alpha value is -0.940. The molecule has 22 heavy (non-hydrogen) atoms. The van der Waals surface area contributed by atoms with Crippen LogP contribution in [-0.2, 0) is 9.53 Å². The van der Waals surface area contributed by atoms with Crippen molar-refractivity contribution >= 4 is 28.5 Å². The number of nitrogens with one attached hydrogen (secondary N) is 1. The third-order valence-electron chi connectivity index (χ3n) is 3.32. The first kappa shape index (κ1) is 17.4. The molecule has 122 valence electrons. The summed E-state index contributed by atoms with van der Waals surface area (Å²) in [5.41, 5.74) is 0. The standard InChI is InChI=1S/C14H18INO6/c1-7(18)16-11-13(20)12(19)10(6-17)22-14(11)21-9-4-2-8(15)3-5-9/h2-5,10-14,17,19-20H,6H2,1H3,(H,16,18)/t10-,11-,12-,13-,14-/m0/s1. The Morgan fingerprint density at radius 2 is 1.95 bits per heavy atom. The van der Waals surface area contributed by atoms with E-state index >= 15 is 0 Å². The van der Waals surface area contributed by atoms with Gasteiger partial charge in [-0.05, 0) is 46.9 Å². The number of carbonyl (C=O) groups is 1. The van der Waals surface area contributed by atoms with Crippen molar-refractivity contribution in [3.8, 4) is 5.75 Å². The maximum absolute atomic E-state index is 11.3. The van der Waals surface area contributed by atoms with Crippen molar-refractivity contribution in [1.29, 1.82) is 0 Å². The molecule has 1 heterocycles. The molecule has 0 spiro atoms. The molecule has 0 aromatic heterocycles. The Bertz CT molecular complexity index is 511. The number of amides is 1. The molecule has 8 heteroatoms. The Kier molecular flexibility index (Phi) is 5.98. The average molecular weight is 423 g/mol. The molecule has 1 aliphatic rings. The third kappa shape index (κ3) is 4.07. The van der Waals surface area contributed by atoms with Gasteiger partial charge in [0.25, 0.3) is 0 Å². The lowest BCUT2D eigenvalue weighted by atomic mass is 9.97. The first-order valence-corrected chi connectivity index (χ1v) is 7.82. The number of hydrogen-bond acceptors (Lipinski definition) is 6. The van der Waals surface area contributed by atoms with Gasteiger partial charge in [-0.1, -0.05) is 0 Å². The first-order valence-electron chi connectivity index (χ1n) is 6.74. The first-order chi connectivity index (χ1) is 10.4. The molecule has 1 aromatic carbocycles. The van der Waals surface area contributed by atoms with Crippen LogP contribution in [0.3, 0.4) is 0 Å². The van der Waals surface area contributed by atoms with Crippen molar-refractivity contribution in [2.45, 2.75) is 37.6 Å². The van der Waals surface area contributed by atoms with Gasteiger partial charge < -0.3 is 30.1 Å². The van der Waals surface area contributed by atoms with Crippen LogP contribution in [0.2, 0.25) is 0 Å². The number of carbonyl (C=O) groups excluding carboxylic acids is 1. The average Bonchev–Trinajstić information content (AvgIpc) is 2.48. The van der Waals surface area contributed by atoms with Crippen molar-refractivity contribution in [3.05, 3.63) is 27.8 Å². The Balaban J connectivity index is 2.18. The third-order valence-corrected chi connectivity index (χ3v) is 4.04. The summed E-state index contributed by atoms with van der Waals surface area (Å²) < 4.78 is 12.1. The molecule has 1 fully saturated rings. The van der Waals surface area contributed by atoms with Crippen molar-refractivity contribution in [2.75, 3.05) is 6.61 Å². The summed E-state index contributed by atoms with van der Waals surface area (Å²) in [7, 11) is 0.